The van der Waals surface area contributed by atoms with E-state index < -0.39 is 0 Å². The Morgan fingerprint density at radius 1 is 1.00 bits per heavy atom. The highest BCUT2D eigenvalue weighted by molar-refractivity contribution is 5.73. The minimum Gasteiger partial charge on any atom is -0.274 e. The molecule has 3 nitrogen and oxygen atoms in total. The van der Waals surface area contributed by atoms with Gasteiger partial charge in [-0.1, -0.05) is 58.3 Å². The predicted octanol–water partition coefficient (Wildman–Crippen LogP) is 4.03. The van der Waals surface area contributed by atoms with Crippen molar-refractivity contribution in [1.82, 2.24) is 5.43 Å². The van der Waals surface area contributed by atoms with E-state index in [1.54, 1.807) is 6.21 Å². The van der Waals surface area contributed by atoms with Crippen LogP contribution >= 0.6 is 0 Å². The maximum Gasteiger partial charge on any atom is 0.236 e. The summed E-state index contributed by atoms with van der Waals surface area (Å²) >= 11 is 0. The van der Waals surface area contributed by atoms with Gasteiger partial charge in [0.25, 0.3) is 0 Å². The molecule has 100 valence electrons. The molecule has 0 spiro atoms. The van der Waals surface area contributed by atoms with Gasteiger partial charge in [0.15, 0.2) is 0 Å². The van der Waals surface area contributed by atoms with E-state index in [0.717, 1.165) is 6.42 Å². The molecule has 0 aromatic carbocycles. The lowest BCUT2D eigenvalue weighted by atomic mass is 10.1. The van der Waals surface area contributed by atoms with Crippen molar-refractivity contribution in [1.29, 1.82) is 0 Å². The predicted molar refractivity (Wildman–Crippen MR) is 74.2 cm³/mol. The van der Waals surface area contributed by atoms with Gasteiger partial charge >= 0.3 is 0 Å². The SMILES string of the molecule is CCCCCCCCCCC/C=N\NC(C)=O. The molecular formula is C14H28N2O. The van der Waals surface area contributed by atoms with E-state index in [-0.39, 0.29) is 5.91 Å². The number of hydrogen-bond donors (Lipinski definition) is 1. The molecule has 0 aromatic heterocycles. The average Bonchev–Trinajstić information content (AvgIpc) is 2.30. The smallest absolute Gasteiger partial charge is 0.236 e. The summed E-state index contributed by atoms with van der Waals surface area (Å²) in [5.41, 5.74) is 2.41. The van der Waals surface area contributed by atoms with Crippen molar-refractivity contribution in [2.75, 3.05) is 0 Å². The van der Waals surface area contributed by atoms with Crippen molar-refractivity contribution in [3.63, 3.8) is 0 Å². The van der Waals surface area contributed by atoms with Crippen LogP contribution in [0.25, 0.3) is 0 Å². The number of nitrogens with one attached hydrogen (secondary N) is 1. The van der Waals surface area contributed by atoms with Gasteiger partial charge in [-0.3, -0.25) is 4.79 Å². The van der Waals surface area contributed by atoms with Crippen molar-refractivity contribution in [3.05, 3.63) is 0 Å². The minimum atomic E-state index is -0.103. The zero-order valence-electron chi connectivity index (χ0n) is 11.5. The molecule has 0 aromatic rings. The lowest BCUT2D eigenvalue weighted by Gasteiger charge is -2.00. The molecule has 0 saturated heterocycles. The second-order valence-corrected chi connectivity index (χ2v) is 4.60. The Labute approximate surface area is 106 Å². The van der Waals surface area contributed by atoms with Gasteiger partial charge in [0.1, 0.15) is 0 Å². The molecule has 0 radical (unpaired) electrons. The number of hydrogen-bond acceptors (Lipinski definition) is 2. The van der Waals surface area contributed by atoms with Crippen LogP contribution in [0.15, 0.2) is 5.10 Å². The number of carbonyl (C=O) groups is 1. The number of unbranched alkanes of at least 4 members (excludes halogenated alkanes) is 9. The number of nitrogens with zero attached hydrogens (tertiary/aromatic N) is 1. The van der Waals surface area contributed by atoms with E-state index >= 15 is 0 Å². The molecule has 0 heterocycles. The fourth-order valence-corrected chi connectivity index (χ4v) is 1.75. The van der Waals surface area contributed by atoms with Crippen LogP contribution < -0.4 is 5.43 Å². The van der Waals surface area contributed by atoms with Gasteiger partial charge in [0, 0.05) is 13.1 Å². The van der Waals surface area contributed by atoms with Gasteiger partial charge in [-0.2, -0.15) is 5.10 Å². The molecule has 0 aliphatic rings. The van der Waals surface area contributed by atoms with Gasteiger partial charge in [-0.15, -0.1) is 0 Å². The topological polar surface area (TPSA) is 41.5 Å². The molecule has 3 heteroatoms. The molecule has 17 heavy (non-hydrogen) atoms. The van der Waals surface area contributed by atoms with Gasteiger partial charge in [0.05, 0.1) is 0 Å². The van der Waals surface area contributed by atoms with E-state index in [2.05, 4.69) is 17.5 Å². The summed E-state index contributed by atoms with van der Waals surface area (Å²) in [5, 5.41) is 3.81. The number of rotatable bonds is 11. The first-order valence-corrected chi connectivity index (χ1v) is 7.05. The number of hydrazone groups is 1. The summed E-state index contributed by atoms with van der Waals surface area (Å²) in [7, 11) is 0. The summed E-state index contributed by atoms with van der Waals surface area (Å²) in [6, 6.07) is 0. The maximum absolute atomic E-state index is 10.5. The molecule has 0 atom stereocenters. The summed E-state index contributed by atoms with van der Waals surface area (Å²) < 4.78 is 0. The standard InChI is InChI=1S/C14H28N2O/c1-3-4-5-6-7-8-9-10-11-12-13-15-16-14(2)17/h13H,3-12H2,1-2H3,(H,16,17)/b15-13-. The average molecular weight is 240 g/mol. The van der Waals surface area contributed by atoms with E-state index in [1.165, 1.54) is 64.7 Å². The minimum absolute atomic E-state index is 0.103. The van der Waals surface area contributed by atoms with E-state index in [9.17, 15) is 4.79 Å². The highest BCUT2D eigenvalue weighted by Gasteiger charge is 1.91. The van der Waals surface area contributed by atoms with Crippen molar-refractivity contribution < 1.29 is 4.79 Å². The third kappa shape index (κ3) is 15.1. The number of amides is 1. The van der Waals surface area contributed by atoms with Crippen LogP contribution in [-0.4, -0.2) is 12.1 Å². The molecule has 1 amide bonds. The van der Waals surface area contributed by atoms with Crippen LogP contribution in [0.4, 0.5) is 0 Å². The van der Waals surface area contributed by atoms with Crippen LogP contribution in [0, 0.1) is 0 Å². The zero-order valence-corrected chi connectivity index (χ0v) is 11.5. The molecule has 0 aliphatic heterocycles. The van der Waals surface area contributed by atoms with Gasteiger partial charge in [-0.25, -0.2) is 5.43 Å². The summed E-state index contributed by atoms with van der Waals surface area (Å²) in [4.78, 5) is 10.5. The lowest BCUT2D eigenvalue weighted by Crippen LogP contribution is -2.11. The zero-order chi connectivity index (χ0) is 12.8. The Kier molecular flexibility index (Phi) is 12.5. The Morgan fingerprint density at radius 2 is 1.53 bits per heavy atom. The van der Waals surface area contributed by atoms with Gasteiger partial charge in [-0.05, 0) is 12.8 Å². The van der Waals surface area contributed by atoms with Crippen molar-refractivity contribution >= 4 is 12.1 Å². The lowest BCUT2D eigenvalue weighted by molar-refractivity contribution is -0.118. The fourth-order valence-electron chi connectivity index (χ4n) is 1.75. The Balaban J connectivity index is 3.03. The van der Waals surface area contributed by atoms with Crippen LogP contribution in [0.2, 0.25) is 0 Å². The summed E-state index contributed by atoms with van der Waals surface area (Å²) in [6.45, 7) is 3.72. The van der Waals surface area contributed by atoms with Crippen LogP contribution in [0.3, 0.4) is 0 Å². The van der Waals surface area contributed by atoms with Crippen molar-refractivity contribution in [3.8, 4) is 0 Å². The van der Waals surface area contributed by atoms with Gasteiger partial charge < -0.3 is 0 Å². The maximum atomic E-state index is 10.5. The molecule has 0 bridgehead atoms. The highest BCUT2D eigenvalue weighted by atomic mass is 16.2. The van der Waals surface area contributed by atoms with E-state index in [1.807, 2.05) is 0 Å². The van der Waals surface area contributed by atoms with Crippen LogP contribution in [0.5, 0.6) is 0 Å². The van der Waals surface area contributed by atoms with Crippen LogP contribution in [-0.2, 0) is 4.79 Å². The molecule has 0 aliphatic carbocycles. The third-order valence-electron chi connectivity index (χ3n) is 2.75. The monoisotopic (exact) mass is 240 g/mol. The highest BCUT2D eigenvalue weighted by Crippen LogP contribution is 2.09. The first-order valence-electron chi connectivity index (χ1n) is 7.05. The normalized spacial score (nSPS) is 10.9. The molecule has 1 N–H and O–H groups in total. The van der Waals surface area contributed by atoms with Gasteiger partial charge in [0.2, 0.25) is 5.91 Å². The fraction of sp³-hybridized carbons (Fsp3) is 0.857. The molecule has 0 rings (SSSR count). The third-order valence-corrected chi connectivity index (χ3v) is 2.75. The first-order chi connectivity index (χ1) is 8.27. The molecule has 0 unspecified atom stereocenters. The second-order valence-electron chi connectivity index (χ2n) is 4.60. The van der Waals surface area contributed by atoms with Crippen LogP contribution in [0.1, 0.15) is 78.1 Å². The quantitative estimate of drug-likeness (QED) is 0.331. The summed E-state index contributed by atoms with van der Waals surface area (Å²) in [5.74, 6) is -0.103. The summed E-state index contributed by atoms with van der Waals surface area (Å²) in [6.07, 6.45) is 14.8. The molecule has 0 fully saturated rings. The number of carbonyl (C=O) groups excluding carboxylic acids is 1. The Bertz CT molecular complexity index is 202. The van der Waals surface area contributed by atoms with Crippen molar-refractivity contribution in [2.45, 2.75) is 78.1 Å². The second kappa shape index (κ2) is 13.2. The van der Waals surface area contributed by atoms with Crippen molar-refractivity contribution in [2.24, 2.45) is 5.10 Å². The van der Waals surface area contributed by atoms with E-state index in [4.69, 9.17) is 0 Å². The molecular weight excluding hydrogens is 212 g/mol. The van der Waals surface area contributed by atoms with E-state index in [0.29, 0.717) is 0 Å². The largest absolute Gasteiger partial charge is 0.274 e. The Hall–Kier alpha value is -0.860. The Morgan fingerprint density at radius 3 is 2.06 bits per heavy atom. The first kappa shape index (κ1) is 16.1. The molecule has 0 saturated carbocycles.